The summed E-state index contributed by atoms with van der Waals surface area (Å²) in [5.41, 5.74) is -0.556. The second kappa shape index (κ2) is 9.94. The predicted octanol–water partition coefficient (Wildman–Crippen LogP) is 4.30. The van der Waals surface area contributed by atoms with Crippen LogP contribution in [0, 0.1) is 11.8 Å². The number of halogens is 4. The fraction of sp³-hybridized carbons (Fsp3) is 0.250. The van der Waals surface area contributed by atoms with Crippen molar-refractivity contribution >= 4 is 23.2 Å². The first-order valence-corrected chi connectivity index (χ1v) is 8.87. The molecule has 0 unspecified atom stereocenters. The van der Waals surface area contributed by atoms with Crippen LogP contribution in [0.1, 0.15) is 41.0 Å². The summed E-state index contributed by atoms with van der Waals surface area (Å²) in [4.78, 5) is 21.6. The largest absolute Gasteiger partial charge is 0.417 e. The average Bonchev–Trinajstić information content (AvgIpc) is 2.68. The molecule has 0 aliphatic rings. The van der Waals surface area contributed by atoms with Gasteiger partial charge in [0.1, 0.15) is 18.0 Å². The lowest BCUT2D eigenvalue weighted by atomic mass is 10.1. The van der Waals surface area contributed by atoms with Crippen molar-refractivity contribution in [3.8, 4) is 11.8 Å². The summed E-state index contributed by atoms with van der Waals surface area (Å²) in [5.74, 6) is 4.61. The van der Waals surface area contributed by atoms with Crippen LogP contribution in [0.25, 0.3) is 0 Å². The van der Waals surface area contributed by atoms with Gasteiger partial charge in [0.25, 0.3) is 5.91 Å². The molecule has 0 saturated heterocycles. The minimum Gasteiger partial charge on any atom is -0.396 e. The fourth-order valence-corrected chi connectivity index (χ4v) is 2.63. The summed E-state index contributed by atoms with van der Waals surface area (Å²) < 4.78 is 39.4. The smallest absolute Gasteiger partial charge is 0.396 e. The van der Waals surface area contributed by atoms with Crippen LogP contribution in [-0.2, 0) is 11.0 Å². The maximum absolute atomic E-state index is 13.1. The van der Waals surface area contributed by atoms with Crippen molar-refractivity contribution in [1.82, 2.24) is 10.3 Å². The maximum Gasteiger partial charge on any atom is 0.417 e. The molecule has 0 fully saturated rings. The third-order valence-corrected chi connectivity index (χ3v) is 3.87. The Bertz CT molecular complexity index is 979. The van der Waals surface area contributed by atoms with E-state index in [1.54, 1.807) is 19.9 Å². The number of hydrogen-bond acceptors (Lipinski definition) is 4. The highest BCUT2D eigenvalue weighted by Gasteiger charge is 2.34. The molecule has 2 rings (SSSR count). The Morgan fingerprint density at radius 3 is 2.69 bits per heavy atom. The number of oxime groups is 1. The van der Waals surface area contributed by atoms with E-state index in [0.29, 0.717) is 5.56 Å². The van der Waals surface area contributed by atoms with Crippen molar-refractivity contribution in [2.45, 2.75) is 20.0 Å². The van der Waals surface area contributed by atoms with Crippen LogP contribution in [0.5, 0.6) is 0 Å². The summed E-state index contributed by atoms with van der Waals surface area (Å²) in [6.07, 6.45) is -3.18. The van der Waals surface area contributed by atoms with Gasteiger partial charge in [-0.2, -0.15) is 13.2 Å². The minimum atomic E-state index is -4.66. The van der Waals surface area contributed by atoms with Gasteiger partial charge in [0, 0.05) is 11.8 Å². The number of carbonyl (C=O) groups is 1. The lowest BCUT2D eigenvalue weighted by Crippen LogP contribution is -2.32. The molecule has 2 aromatic rings. The van der Waals surface area contributed by atoms with Crippen molar-refractivity contribution in [1.29, 1.82) is 0 Å². The second-order valence-electron chi connectivity index (χ2n) is 5.61. The number of nitrogens with zero attached hydrogens (tertiary/aromatic N) is 2. The van der Waals surface area contributed by atoms with Crippen molar-refractivity contribution in [2.75, 3.05) is 13.2 Å². The average molecular weight is 424 g/mol. The Kier molecular flexibility index (Phi) is 7.62. The molecule has 29 heavy (non-hydrogen) atoms. The summed E-state index contributed by atoms with van der Waals surface area (Å²) in [7, 11) is 0. The van der Waals surface area contributed by atoms with E-state index >= 15 is 0 Å². The molecule has 0 saturated carbocycles. The van der Waals surface area contributed by atoms with Crippen molar-refractivity contribution in [3.63, 3.8) is 0 Å². The van der Waals surface area contributed by atoms with Gasteiger partial charge in [-0.3, -0.25) is 9.78 Å². The third-order valence-electron chi connectivity index (χ3n) is 3.58. The minimum absolute atomic E-state index is 0.158. The highest BCUT2D eigenvalue weighted by atomic mass is 35.5. The molecule has 0 bridgehead atoms. The molecule has 152 valence electrons. The summed E-state index contributed by atoms with van der Waals surface area (Å²) >= 11 is 6.23. The first-order valence-electron chi connectivity index (χ1n) is 8.49. The Labute approximate surface area is 170 Å². The quantitative estimate of drug-likeness (QED) is 0.428. The maximum atomic E-state index is 13.1. The third kappa shape index (κ3) is 5.96. The van der Waals surface area contributed by atoms with E-state index < -0.39 is 23.2 Å². The van der Waals surface area contributed by atoms with Gasteiger partial charge < -0.3 is 10.2 Å². The Morgan fingerprint density at radius 1 is 1.34 bits per heavy atom. The first-order chi connectivity index (χ1) is 13.8. The van der Waals surface area contributed by atoms with Crippen LogP contribution in [0.3, 0.4) is 0 Å². The van der Waals surface area contributed by atoms with Crippen LogP contribution in [0.2, 0.25) is 5.02 Å². The number of aromatic nitrogens is 1. The van der Waals surface area contributed by atoms with E-state index in [4.69, 9.17) is 16.4 Å². The number of rotatable bonds is 6. The molecule has 0 atom stereocenters. The zero-order chi connectivity index (χ0) is 21.4. The van der Waals surface area contributed by atoms with Crippen LogP contribution >= 0.6 is 11.6 Å². The SMILES string of the molecule is CC#Cc1cnc(/C(CNC(=O)c2ccccc2C(F)(F)F)=N/OCC)c(Cl)c1. The van der Waals surface area contributed by atoms with Gasteiger partial charge in [-0.15, -0.1) is 5.92 Å². The van der Waals surface area contributed by atoms with E-state index in [-0.39, 0.29) is 29.6 Å². The van der Waals surface area contributed by atoms with Crippen LogP contribution in [0.4, 0.5) is 13.2 Å². The number of nitrogens with one attached hydrogen (secondary N) is 1. The number of pyridine rings is 1. The van der Waals surface area contributed by atoms with E-state index in [2.05, 4.69) is 27.3 Å². The van der Waals surface area contributed by atoms with E-state index in [9.17, 15) is 18.0 Å². The first kappa shape index (κ1) is 22.2. The molecule has 0 aliphatic carbocycles. The molecule has 0 spiro atoms. The molecule has 1 aromatic heterocycles. The second-order valence-corrected chi connectivity index (χ2v) is 6.02. The van der Waals surface area contributed by atoms with Gasteiger partial charge in [-0.25, -0.2) is 0 Å². The van der Waals surface area contributed by atoms with Crippen LogP contribution in [0.15, 0.2) is 41.7 Å². The molecular weight excluding hydrogens is 407 g/mol. The van der Waals surface area contributed by atoms with Gasteiger partial charge in [0.2, 0.25) is 0 Å². The molecule has 1 N–H and O–H groups in total. The Hall–Kier alpha value is -3.05. The van der Waals surface area contributed by atoms with Gasteiger partial charge in [0.15, 0.2) is 0 Å². The zero-order valence-corrected chi connectivity index (χ0v) is 16.4. The van der Waals surface area contributed by atoms with Gasteiger partial charge in [0.05, 0.1) is 22.7 Å². The topological polar surface area (TPSA) is 63.6 Å². The number of hydrogen-bond donors (Lipinski definition) is 1. The van der Waals surface area contributed by atoms with Gasteiger partial charge in [-0.05, 0) is 32.0 Å². The molecular formula is C20H17ClF3N3O2. The zero-order valence-electron chi connectivity index (χ0n) is 15.6. The highest BCUT2D eigenvalue weighted by molar-refractivity contribution is 6.34. The van der Waals surface area contributed by atoms with E-state index in [0.717, 1.165) is 12.1 Å². The Morgan fingerprint density at radius 2 is 2.07 bits per heavy atom. The fourth-order valence-electron chi connectivity index (χ4n) is 2.35. The monoisotopic (exact) mass is 423 g/mol. The lowest BCUT2D eigenvalue weighted by molar-refractivity contribution is -0.137. The van der Waals surface area contributed by atoms with Gasteiger partial charge in [-0.1, -0.05) is 34.8 Å². The molecule has 9 heteroatoms. The standard InChI is InChI=1S/C20H17ClF3N3O2/c1-3-7-13-10-16(21)18(25-11-13)17(27-29-4-2)12-26-19(28)14-8-5-6-9-15(14)20(22,23)24/h5-6,8-11H,4,12H2,1-2H3,(H,26,28)/b27-17+. The highest BCUT2D eigenvalue weighted by Crippen LogP contribution is 2.31. The number of alkyl halides is 3. The molecule has 1 aromatic carbocycles. The predicted molar refractivity (Wildman–Crippen MR) is 104 cm³/mol. The lowest BCUT2D eigenvalue weighted by Gasteiger charge is -2.13. The van der Waals surface area contributed by atoms with Crippen molar-refractivity contribution < 1.29 is 22.8 Å². The Balaban J connectivity index is 2.27. The van der Waals surface area contributed by atoms with Crippen molar-refractivity contribution in [2.24, 2.45) is 5.16 Å². The van der Waals surface area contributed by atoms with Crippen LogP contribution in [-0.4, -0.2) is 29.8 Å². The molecule has 1 amide bonds. The summed E-state index contributed by atoms with van der Waals surface area (Å²) in [5, 5.41) is 6.51. The van der Waals surface area contributed by atoms with Gasteiger partial charge >= 0.3 is 6.18 Å². The number of benzene rings is 1. The normalized spacial score (nSPS) is 11.4. The van der Waals surface area contributed by atoms with Crippen molar-refractivity contribution in [3.05, 3.63) is 63.9 Å². The molecule has 0 radical (unpaired) electrons. The number of amides is 1. The molecule has 5 nitrogen and oxygen atoms in total. The van der Waals surface area contributed by atoms with E-state index in [1.807, 2.05) is 0 Å². The summed E-state index contributed by atoms with van der Waals surface area (Å²) in [6.45, 7) is 3.37. The molecule has 0 aliphatic heterocycles. The van der Waals surface area contributed by atoms with Crippen LogP contribution < -0.4 is 5.32 Å². The summed E-state index contributed by atoms with van der Waals surface area (Å²) in [6, 6.07) is 6.08. The number of carbonyl (C=O) groups excluding carboxylic acids is 1. The molecule has 1 heterocycles. The van der Waals surface area contributed by atoms with E-state index in [1.165, 1.54) is 18.3 Å².